The summed E-state index contributed by atoms with van der Waals surface area (Å²) >= 11 is 0. The van der Waals surface area contributed by atoms with Gasteiger partial charge in [-0.05, 0) is 96.1 Å². The monoisotopic (exact) mass is 778 g/mol. The first-order chi connectivity index (χ1) is 30.2. The zero-order valence-electron chi connectivity index (χ0n) is 32.8. The van der Waals surface area contributed by atoms with Gasteiger partial charge in [0, 0.05) is 60.2 Å². The molecular weight excluding hydrogens is 745 g/mol. The van der Waals surface area contributed by atoms with Gasteiger partial charge < -0.3 is 13.6 Å². The number of rotatable bonds is 5. The van der Waals surface area contributed by atoms with Crippen LogP contribution in [0.5, 0.6) is 0 Å². The molecule has 13 rings (SSSR count). The minimum atomic E-state index is 0.661. The predicted octanol–water partition coefficient (Wildman–Crippen LogP) is 14.7. The molecule has 0 aliphatic heterocycles. The zero-order valence-corrected chi connectivity index (χ0v) is 32.8. The minimum Gasteiger partial charge on any atom is -0.456 e. The van der Waals surface area contributed by atoms with E-state index in [1.54, 1.807) is 0 Å². The second-order valence-electron chi connectivity index (χ2n) is 15.7. The normalized spacial score (nSPS) is 11.9. The Morgan fingerprint density at radius 3 is 1.54 bits per heavy atom. The Hall–Kier alpha value is -8.28. The maximum Gasteiger partial charge on any atom is 0.161 e. The molecule has 0 aliphatic carbocycles. The first-order valence-corrected chi connectivity index (χ1v) is 20.7. The van der Waals surface area contributed by atoms with Crippen LogP contribution in [0.4, 0.5) is 0 Å². The van der Waals surface area contributed by atoms with Crippen LogP contribution in [-0.2, 0) is 0 Å². The molecule has 61 heavy (non-hydrogen) atoms. The number of hydrogen-bond acceptors (Lipinski definition) is 3. The van der Waals surface area contributed by atoms with Crippen molar-refractivity contribution in [3.05, 3.63) is 206 Å². The molecule has 0 N–H and O–H groups in total. The fourth-order valence-electron chi connectivity index (χ4n) is 9.59. The molecule has 0 fully saturated rings. The third kappa shape index (κ3) is 5.14. The number of para-hydroxylation sites is 5. The second-order valence-corrected chi connectivity index (χ2v) is 15.7. The van der Waals surface area contributed by atoms with Gasteiger partial charge in [0.25, 0.3) is 0 Å². The first-order valence-electron chi connectivity index (χ1n) is 20.7. The number of furan rings is 1. The number of benzene rings is 9. The molecule has 0 unspecified atom stereocenters. The van der Waals surface area contributed by atoms with Crippen molar-refractivity contribution in [2.75, 3.05) is 0 Å². The van der Waals surface area contributed by atoms with E-state index in [0.29, 0.717) is 5.82 Å². The van der Waals surface area contributed by atoms with Crippen LogP contribution in [0.3, 0.4) is 0 Å². The Kier molecular flexibility index (Phi) is 7.24. The van der Waals surface area contributed by atoms with Crippen molar-refractivity contribution in [1.82, 2.24) is 19.1 Å². The van der Waals surface area contributed by atoms with Gasteiger partial charge in [-0.15, -0.1) is 0 Å². The predicted molar refractivity (Wildman–Crippen MR) is 252 cm³/mol. The van der Waals surface area contributed by atoms with Crippen LogP contribution in [0.15, 0.2) is 211 Å². The van der Waals surface area contributed by atoms with Crippen LogP contribution in [0.2, 0.25) is 0 Å². The van der Waals surface area contributed by atoms with Crippen LogP contribution in [0.25, 0.3) is 122 Å². The summed E-state index contributed by atoms with van der Waals surface area (Å²) in [6.45, 7) is 0. The second kappa shape index (κ2) is 13.1. The molecular formula is C56H34N4O. The number of hydrogen-bond donors (Lipinski definition) is 0. The van der Waals surface area contributed by atoms with Gasteiger partial charge in [-0.25, -0.2) is 9.97 Å². The molecule has 0 atom stereocenters. The first kappa shape index (κ1) is 33.7. The highest BCUT2D eigenvalue weighted by molar-refractivity contribution is 6.15. The van der Waals surface area contributed by atoms with Crippen LogP contribution in [-0.4, -0.2) is 19.1 Å². The van der Waals surface area contributed by atoms with Gasteiger partial charge in [-0.3, -0.25) is 0 Å². The Bertz CT molecular complexity index is 3880. The molecule has 284 valence electrons. The number of aromatic nitrogens is 4. The standard InChI is InChI=1S/C56H34N4O/c1-3-14-38(15-4-1)59-48-23-11-8-18-40(48)44-32-35(26-29-50(44)59)36-28-31-52-46(33-36)54-43(21-13-25-53(54)61-52)56-57-47-22-10-7-20-42(47)55(58-56)37-27-30-51-45(34-37)41-19-9-12-24-49(41)60(51)39-16-5-2-6-17-39/h1-34H. The summed E-state index contributed by atoms with van der Waals surface area (Å²) in [5.41, 5.74) is 14.6. The van der Waals surface area contributed by atoms with Crippen LogP contribution < -0.4 is 0 Å². The Labute approximate surface area is 350 Å². The highest BCUT2D eigenvalue weighted by Gasteiger charge is 2.20. The molecule has 4 heterocycles. The van der Waals surface area contributed by atoms with Crippen LogP contribution in [0.1, 0.15) is 0 Å². The Morgan fingerprint density at radius 2 is 0.869 bits per heavy atom. The molecule has 0 aliphatic rings. The van der Waals surface area contributed by atoms with E-state index in [-0.39, 0.29) is 0 Å². The lowest BCUT2D eigenvalue weighted by atomic mass is 9.99. The van der Waals surface area contributed by atoms with Crippen LogP contribution in [0, 0.1) is 0 Å². The van der Waals surface area contributed by atoms with Crippen molar-refractivity contribution in [2.45, 2.75) is 0 Å². The molecule has 0 amide bonds. The quantitative estimate of drug-likeness (QED) is 0.175. The van der Waals surface area contributed by atoms with E-state index in [4.69, 9.17) is 14.4 Å². The van der Waals surface area contributed by atoms with Gasteiger partial charge in [0.1, 0.15) is 11.2 Å². The maximum absolute atomic E-state index is 6.55. The molecule has 5 nitrogen and oxygen atoms in total. The molecule has 5 heteroatoms. The molecule has 9 aromatic carbocycles. The number of nitrogens with zero attached hydrogens (tertiary/aromatic N) is 4. The summed E-state index contributed by atoms with van der Waals surface area (Å²) in [4.78, 5) is 10.7. The van der Waals surface area contributed by atoms with E-state index in [9.17, 15) is 0 Å². The lowest BCUT2D eigenvalue weighted by Crippen LogP contribution is -1.96. The Balaban J connectivity index is 0.983. The van der Waals surface area contributed by atoms with Crippen molar-refractivity contribution in [1.29, 1.82) is 0 Å². The fraction of sp³-hybridized carbons (Fsp3) is 0. The van der Waals surface area contributed by atoms with Crippen molar-refractivity contribution in [3.8, 4) is 45.1 Å². The van der Waals surface area contributed by atoms with E-state index in [0.717, 1.165) is 77.7 Å². The topological polar surface area (TPSA) is 48.8 Å². The third-order valence-electron chi connectivity index (χ3n) is 12.3. The average molecular weight is 779 g/mol. The molecule has 4 aromatic heterocycles. The van der Waals surface area contributed by atoms with Crippen molar-refractivity contribution in [2.24, 2.45) is 0 Å². The SMILES string of the molecule is c1ccc(-n2c3ccccc3c3cc(-c4ccc5oc6cccc(-c7nc(-c8ccc9c(c8)c8ccccc8n9-c8ccccc8)c8ccccc8n7)c6c5c4)ccc32)cc1. The minimum absolute atomic E-state index is 0.661. The third-order valence-corrected chi connectivity index (χ3v) is 12.3. The molecule has 0 radical (unpaired) electrons. The van der Waals surface area contributed by atoms with E-state index in [1.165, 1.54) is 38.1 Å². The van der Waals surface area contributed by atoms with E-state index >= 15 is 0 Å². The zero-order chi connectivity index (χ0) is 40.0. The largest absolute Gasteiger partial charge is 0.456 e. The maximum atomic E-state index is 6.55. The van der Waals surface area contributed by atoms with Crippen molar-refractivity contribution in [3.63, 3.8) is 0 Å². The molecule has 0 bridgehead atoms. The Morgan fingerprint density at radius 1 is 0.344 bits per heavy atom. The highest BCUT2D eigenvalue weighted by Crippen LogP contribution is 2.42. The summed E-state index contributed by atoms with van der Waals surface area (Å²) in [6.07, 6.45) is 0. The van der Waals surface area contributed by atoms with Crippen molar-refractivity contribution >= 4 is 76.5 Å². The number of fused-ring (bicyclic) bond motifs is 10. The lowest BCUT2D eigenvalue weighted by molar-refractivity contribution is 0.669. The van der Waals surface area contributed by atoms with Gasteiger partial charge in [-0.2, -0.15) is 0 Å². The summed E-state index contributed by atoms with van der Waals surface area (Å²) < 4.78 is 11.3. The van der Waals surface area contributed by atoms with Gasteiger partial charge in [0.15, 0.2) is 5.82 Å². The van der Waals surface area contributed by atoms with E-state index in [1.807, 2.05) is 18.2 Å². The summed E-state index contributed by atoms with van der Waals surface area (Å²) in [5, 5.41) is 7.87. The van der Waals surface area contributed by atoms with Gasteiger partial charge in [0.05, 0.1) is 33.3 Å². The van der Waals surface area contributed by atoms with E-state index in [2.05, 4.69) is 197 Å². The molecule has 13 aromatic rings. The average Bonchev–Trinajstić information content (AvgIpc) is 3.99. The molecule has 0 saturated carbocycles. The smallest absolute Gasteiger partial charge is 0.161 e. The van der Waals surface area contributed by atoms with Crippen molar-refractivity contribution < 1.29 is 4.42 Å². The van der Waals surface area contributed by atoms with Gasteiger partial charge >= 0.3 is 0 Å². The lowest BCUT2D eigenvalue weighted by Gasteiger charge is -2.11. The summed E-state index contributed by atoms with van der Waals surface area (Å²) in [6, 6.07) is 73.1. The summed E-state index contributed by atoms with van der Waals surface area (Å²) in [5.74, 6) is 0.661. The summed E-state index contributed by atoms with van der Waals surface area (Å²) in [7, 11) is 0. The fourth-order valence-corrected chi connectivity index (χ4v) is 9.59. The van der Waals surface area contributed by atoms with Crippen LogP contribution >= 0.6 is 0 Å². The highest BCUT2D eigenvalue weighted by atomic mass is 16.3. The van der Waals surface area contributed by atoms with Gasteiger partial charge in [0.2, 0.25) is 0 Å². The van der Waals surface area contributed by atoms with E-state index < -0.39 is 0 Å². The molecule has 0 spiro atoms. The van der Waals surface area contributed by atoms with Gasteiger partial charge in [-0.1, -0.05) is 121 Å². The molecule has 0 saturated heterocycles.